The highest BCUT2D eigenvalue weighted by Crippen LogP contribution is 2.17. The lowest BCUT2D eigenvalue weighted by Crippen LogP contribution is -2.51. The Bertz CT molecular complexity index is 489. The van der Waals surface area contributed by atoms with Gasteiger partial charge in [-0.25, -0.2) is 0 Å². The number of anilines is 1. The number of alkyl halides is 3. The molecule has 1 saturated heterocycles. The number of nitrogens with zero attached hydrogens (tertiary/aromatic N) is 2. The van der Waals surface area contributed by atoms with Gasteiger partial charge in [0, 0.05) is 31.9 Å². The van der Waals surface area contributed by atoms with E-state index in [4.69, 9.17) is 5.73 Å². The third-order valence-corrected chi connectivity index (χ3v) is 3.46. The number of hydrogen-bond donors (Lipinski definition) is 1. The first-order valence-electron chi connectivity index (χ1n) is 6.75. The zero-order valence-electron chi connectivity index (χ0n) is 12.4. The van der Waals surface area contributed by atoms with E-state index in [0.29, 0.717) is 18.8 Å². The van der Waals surface area contributed by atoms with Gasteiger partial charge in [-0.1, -0.05) is 12.1 Å². The van der Waals surface area contributed by atoms with Gasteiger partial charge >= 0.3 is 6.18 Å². The molecule has 2 rings (SSSR count). The Morgan fingerprint density at radius 1 is 1.04 bits per heavy atom. The standard InChI is InChI=1S/C14H18F3N3O.2ClH/c15-14(16,17)10-19-5-7-20(8-6-19)13(21)9-11-1-3-12(18)4-2-11;;/h1-4H,5-10,18H2;2*1H. The van der Waals surface area contributed by atoms with Crippen LogP contribution in [0.4, 0.5) is 18.9 Å². The molecule has 132 valence electrons. The summed E-state index contributed by atoms with van der Waals surface area (Å²) in [6, 6.07) is 7.02. The lowest BCUT2D eigenvalue weighted by Gasteiger charge is -2.35. The number of carbonyl (C=O) groups is 1. The second kappa shape index (κ2) is 9.20. The van der Waals surface area contributed by atoms with Crippen molar-refractivity contribution in [1.82, 2.24) is 9.80 Å². The quantitative estimate of drug-likeness (QED) is 0.827. The Hall–Kier alpha value is -1.18. The number of nitrogens with two attached hydrogens (primary N) is 1. The minimum atomic E-state index is -4.18. The molecule has 0 unspecified atom stereocenters. The van der Waals surface area contributed by atoms with Gasteiger partial charge < -0.3 is 10.6 Å². The van der Waals surface area contributed by atoms with Gasteiger partial charge in [0.05, 0.1) is 13.0 Å². The third kappa shape index (κ3) is 7.28. The Morgan fingerprint density at radius 3 is 2.04 bits per heavy atom. The van der Waals surface area contributed by atoms with Crippen LogP contribution in [0.1, 0.15) is 5.56 Å². The van der Waals surface area contributed by atoms with Gasteiger partial charge in [0.1, 0.15) is 0 Å². The van der Waals surface area contributed by atoms with Gasteiger partial charge in [-0.3, -0.25) is 9.69 Å². The zero-order valence-corrected chi connectivity index (χ0v) is 14.0. The summed E-state index contributed by atoms with van der Waals surface area (Å²) in [5, 5.41) is 0. The van der Waals surface area contributed by atoms with Crippen LogP contribution in [0.2, 0.25) is 0 Å². The van der Waals surface area contributed by atoms with Gasteiger partial charge in [-0.05, 0) is 17.7 Å². The molecule has 1 aromatic rings. The summed E-state index contributed by atoms with van der Waals surface area (Å²) in [6.07, 6.45) is -3.93. The Morgan fingerprint density at radius 2 is 1.57 bits per heavy atom. The number of amides is 1. The molecule has 4 nitrogen and oxygen atoms in total. The highest BCUT2D eigenvalue weighted by Gasteiger charge is 2.32. The molecule has 1 fully saturated rings. The van der Waals surface area contributed by atoms with Crippen molar-refractivity contribution >= 4 is 36.4 Å². The zero-order chi connectivity index (χ0) is 15.5. The molecule has 0 aromatic heterocycles. The van der Waals surface area contributed by atoms with E-state index < -0.39 is 12.7 Å². The number of carbonyl (C=O) groups excluding carboxylic acids is 1. The fourth-order valence-corrected chi connectivity index (χ4v) is 2.33. The van der Waals surface area contributed by atoms with E-state index >= 15 is 0 Å². The van der Waals surface area contributed by atoms with Crippen LogP contribution in [0.3, 0.4) is 0 Å². The summed E-state index contributed by atoms with van der Waals surface area (Å²) in [5.41, 5.74) is 7.06. The molecule has 0 atom stereocenters. The summed E-state index contributed by atoms with van der Waals surface area (Å²) in [5.74, 6) is -0.0635. The highest BCUT2D eigenvalue weighted by atomic mass is 35.5. The van der Waals surface area contributed by atoms with Gasteiger partial charge in [0.25, 0.3) is 0 Å². The van der Waals surface area contributed by atoms with E-state index in [1.54, 1.807) is 29.2 Å². The number of halogens is 5. The van der Waals surface area contributed by atoms with Crippen LogP contribution in [0.25, 0.3) is 0 Å². The molecule has 0 saturated carbocycles. The number of rotatable bonds is 3. The number of piperazine rings is 1. The molecule has 1 heterocycles. The molecular weight excluding hydrogens is 354 g/mol. The summed E-state index contributed by atoms with van der Waals surface area (Å²) >= 11 is 0. The summed E-state index contributed by atoms with van der Waals surface area (Å²) < 4.78 is 36.9. The van der Waals surface area contributed by atoms with Crippen molar-refractivity contribution in [3.8, 4) is 0 Å². The molecule has 0 aliphatic carbocycles. The molecule has 23 heavy (non-hydrogen) atoms. The molecule has 0 spiro atoms. The van der Waals surface area contributed by atoms with Crippen molar-refractivity contribution in [2.45, 2.75) is 12.6 Å². The molecule has 1 amide bonds. The molecule has 0 bridgehead atoms. The van der Waals surface area contributed by atoms with E-state index in [0.717, 1.165) is 5.56 Å². The summed E-state index contributed by atoms with van der Waals surface area (Å²) in [6.45, 7) is 0.279. The second-order valence-electron chi connectivity index (χ2n) is 5.19. The van der Waals surface area contributed by atoms with Gasteiger partial charge in [0.15, 0.2) is 0 Å². The first-order chi connectivity index (χ1) is 9.83. The predicted molar refractivity (Wildman–Crippen MR) is 88.1 cm³/mol. The van der Waals surface area contributed by atoms with Gasteiger partial charge in [-0.2, -0.15) is 13.2 Å². The lowest BCUT2D eigenvalue weighted by molar-refractivity contribution is -0.151. The Kier molecular flexibility index (Phi) is 8.73. The van der Waals surface area contributed by atoms with Crippen LogP contribution >= 0.6 is 24.8 Å². The van der Waals surface area contributed by atoms with Gasteiger partial charge in [0.2, 0.25) is 5.91 Å². The normalized spacial score (nSPS) is 15.5. The van der Waals surface area contributed by atoms with Crippen LogP contribution in [-0.4, -0.2) is 54.6 Å². The van der Waals surface area contributed by atoms with E-state index in [2.05, 4.69) is 0 Å². The van der Waals surface area contributed by atoms with E-state index in [1.807, 2.05) is 0 Å². The predicted octanol–water partition coefficient (Wildman–Crippen LogP) is 2.36. The SMILES string of the molecule is Cl.Cl.Nc1ccc(CC(=O)N2CCN(CC(F)(F)F)CC2)cc1. The van der Waals surface area contributed by atoms with Crippen molar-refractivity contribution in [1.29, 1.82) is 0 Å². The monoisotopic (exact) mass is 373 g/mol. The van der Waals surface area contributed by atoms with Crippen LogP contribution in [0.5, 0.6) is 0 Å². The van der Waals surface area contributed by atoms with Crippen LogP contribution in [-0.2, 0) is 11.2 Å². The molecule has 2 N–H and O–H groups in total. The Balaban J connectivity index is 0.00000242. The topological polar surface area (TPSA) is 49.6 Å². The van der Waals surface area contributed by atoms with Crippen LogP contribution in [0, 0.1) is 0 Å². The fraction of sp³-hybridized carbons (Fsp3) is 0.500. The third-order valence-electron chi connectivity index (χ3n) is 3.46. The maximum absolute atomic E-state index is 12.3. The van der Waals surface area contributed by atoms with Crippen molar-refractivity contribution in [2.24, 2.45) is 0 Å². The maximum Gasteiger partial charge on any atom is 0.401 e. The molecule has 9 heteroatoms. The molecule has 1 aliphatic rings. The van der Waals surface area contributed by atoms with E-state index in [1.165, 1.54) is 4.90 Å². The minimum Gasteiger partial charge on any atom is -0.399 e. The first-order valence-corrected chi connectivity index (χ1v) is 6.75. The number of nitrogen functional groups attached to an aromatic ring is 1. The molecule has 0 radical (unpaired) electrons. The Labute approximate surface area is 145 Å². The van der Waals surface area contributed by atoms with E-state index in [9.17, 15) is 18.0 Å². The van der Waals surface area contributed by atoms with Gasteiger partial charge in [-0.15, -0.1) is 24.8 Å². The fourth-order valence-electron chi connectivity index (χ4n) is 2.33. The minimum absolute atomic E-state index is 0. The van der Waals surface area contributed by atoms with Crippen molar-refractivity contribution in [3.63, 3.8) is 0 Å². The molecule has 1 aliphatic heterocycles. The van der Waals surface area contributed by atoms with Crippen LogP contribution < -0.4 is 5.73 Å². The number of hydrogen-bond acceptors (Lipinski definition) is 3. The molecule has 1 aromatic carbocycles. The van der Waals surface area contributed by atoms with Crippen LogP contribution in [0.15, 0.2) is 24.3 Å². The largest absolute Gasteiger partial charge is 0.401 e. The summed E-state index contributed by atoms with van der Waals surface area (Å²) in [4.78, 5) is 15.0. The lowest BCUT2D eigenvalue weighted by atomic mass is 10.1. The second-order valence-corrected chi connectivity index (χ2v) is 5.19. The maximum atomic E-state index is 12.3. The highest BCUT2D eigenvalue weighted by molar-refractivity contribution is 5.85. The molecular formula is C14H20Cl2F3N3O. The number of benzene rings is 1. The summed E-state index contributed by atoms with van der Waals surface area (Å²) in [7, 11) is 0. The first kappa shape index (κ1) is 21.8. The smallest absolute Gasteiger partial charge is 0.399 e. The van der Waals surface area contributed by atoms with Crippen molar-refractivity contribution in [2.75, 3.05) is 38.5 Å². The van der Waals surface area contributed by atoms with Crippen molar-refractivity contribution < 1.29 is 18.0 Å². The average molecular weight is 374 g/mol. The van der Waals surface area contributed by atoms with E-state index in [-0.39, 0.29) is 50.2 Å². The van der Waals surface area contributed by atoms with Crippen molar-refractivity contribution in [3.05, 3.63) is 29.8 Å². The average Bonchev–Trinajstić information content (AvgIpc) is 2.40.